The molecule has 118 valence electrons. The number of hydrogen-bond donors (Lipinski definition) is 1. The molecule has 4 heteroatoms. The Morgan fingerprint density at radius 3 is 2.71 bits per heavy atom. The van der Waals surface area contributed by atoms with Crippen LogP contribution in [0.2, 0.25) is 5.02 Å². The zero-order chi connectivity index (χ0) is 15.4. The van der Waals surface area contributed by atoms with Crippen molar-refractivity contribution in [1.29, 1.82) is 0 Å². The van der Waals surface area contributed by atoms with Gasteiger partial charge in [0.05, 0.1) is 6.04 Å². The average molecular weight is 310 g/mol. The maximum Gasteiger partial charge on any atom is 0.0511 e. The van der Waals surface area contributed by atoms with Gasteiger partial charge in [0.2, 0.25) is 0 Å². The van der Waals surface area contributed by atoms with E-state index >= 15 is 0 Å². The molecule has 1 heterocycles. The smallest absolute Gasteiger partial charge is 0.0511 e. The van der Waals surface area contributed by atoms with Crippen molar-refractivity contribution >= 4 is 11.6 Å². The van der Waals surface area contributed by atoms with E-state index in [0.717, 1.165) is 29.5 Å². The Labute approximate surface area is 134 Å². The summed E-state index contributed by atoms with van der Waals surface area (Å²) in [6.07, 6.45) is 2.22. The lowest BCUT2D eigenvalue weighted by Crippen LogP contribution is -2.41. The summed E-state index contributed by atoms with van der Waals surface area (Å²) in [6, 6.07) is 8.40. The molecule has 0 aliphatic carbocycles. The highest BCUT2D eigenvalue weighted by atomic mass is 35.5. The molecule has 3 atom stereocenters. The van der Waals surface area contributed by atoms with Crippen molar-refractivity contribution in [2.45, 2.75) is 31.8 Å². The third kappa shape index (κ3) is 4.19. The molecule has 21 heavy (non-hydrogen) atoms. The number of benzene rings is 1. The molecule has 1 saturated heterocycles. The van der Waals surface area contributed by atoms with Crippen LogP contribution in [0.5, 0.6) is 0 Å². The summed E-state index contributed by atoms with van der Waals surface area (Å²) >= 11 is 6.41. The normalized spacial score (nSPS) is 22.7. The van der Waals surface area contributed by atoms with Gasteiger partial charge in [0.25, 0.3) is 0 Å². The fourth-order valence-electron chi connectivity index (χ4n) is 3.43. The topological polar surface area (TPSA) is 32.5 Å². The van der Waals surface area contributed by atoms with Crippen LogP contribution in [-0.4, -0.2) is 49.6 Å². The molecule has 0 aromatic heterocycles. The Balaban J connectivity index is 2.14. The van der Waals surface area contributed by atoms with Gasteiger partial charge in [-0.15, -0.1) is 0 Å². The van der Waals surface area contributed by atoms with Crippen LogP contribution in [0.25, 0.3) is 0 Å². The van der Waals surface area contributed by atoms with Gasteiger partial charge in [-0.05, 0) is 51.0 Å². The van der Waals surface area contributed by atoms with Crippen molar-refractivity contribution in [3.63, 3.8) is 0 Å². The van der Waals surface area contributed by atoms with E-state index in [1.54, 1.807) is 0 Å². The molecule has 2 N–H and O–H groups in total. The quantitative estimate of drug-likeness (QED) is 0.877. The molecular weight excluding hydrogens is 282 g/mol. The van der Waals surface area contributed by atoms with Gasteiger partial charge >= 0.3 is 0 Å². The largest absolute Gasteiger partial charge is 0.326 e. The summed E-state index contributed by atoms with van der Waals surface area (Å²) < 4.78 is 0. The number of rotatable bonds is 6. The lowest BCUT2D eigenvalue weighted by Gasteiger charge is -2.34. The van der Waals surface area contributed by atoms with Crippen LogP contribution in [0.15, 0.2) is 24.3 Å². The summed E-state index contributed by atoms with van der Waals surface area (Å²) in [5.41, 5.74) is 7.56. The number of likely N-dealkylation sites (N-methyl/N-ethyl adjacent to an activating group) is 1. The highest BCUT2D eigenvalue weighted by Gasteiger charge is 2.28. The Morgan fingerprint density at radius 2 is 2.14 bits per heavy atom. The lowest BCUT2D eigenvalue weighted by atomic mass is 9.95. The summed E-state index contributed by atoms with van der Waals surface area (Å²) in [5, 5.41) is 0.821. The molecule has 1 aliphatic heterocycles. The molecule has 0 radical (unpaired) electrons. The molecule has 1 fully saturated rings. The number of nitrogens with zero attached hydrogens (tertiary/aromatic N) is 2. The van der Waals surface area contributed by atoms with Crippen LogP contribution >= 0.6 is 11.6 Å². The molecule has 1 aromatic rings. The predicted molar refractivity (Wildman–Crippen MR) is 90.7 cm³/mol. The SMILES string of the molecule is CCC(N)C(c1ccccc1Cl)N(C)CC1CCN(C)C1. The predicted octanol–water partition coefficient (Wildman–Crippen LogP) is 3.00. The van der Waals surface area contributed by atoms with Gasteiger partial charge in [0.1, 0.15) is 0 Å². The molecule has 1 aromatic carbocycles. The average Bonchev–Trinajstić information content (AvgIpc) is 2.86. The van der Waals surface area contributed by atoms with E-state index in [0.29, 0.717) is 0 Å². The van der Waals surface area contributed by atoms with Crippen LogP contribution in [0.4, 0.5) is 0 Å². The molecule has 0 amide bonds. The lowest BCUT2D eigenvalue weighted by molar-refractivity contribution is 0.180. The minimum Gasteiger partial charge on any atom is -0.326 e. The van der Waals surface area contributed by atoms with Gasteiger partial charge in [-0.2, -0.15) is 0 Å². The first-order valence-electron chi connectivity index (χ1n) is 7.91. The zero-order valence-electron chi connectivity index (χ0n) is 13.4. The van der Waals surface area contributed by atoms with E-state index in [-0.39, 0.29) is 12.1 Å². The van der Waals surface area contributed by atoms with Crippen LogP contribution in [0, 0.1) is 5.92 Å². The van der Waals surface area contributed by atoms with Crippen LogP contribution in [0.3, 0.4) is 0 Å². The Morgan fingerprint density at radius 1 is 1.43 bits per heavy atom. The van der Waals surface area contributed by atoms with Crippen LogP contribution < -0.4 is 5.73 Å². The number of hydrogen-bond acceptors (Lipinski definition) is 3. The van der Waals surface area contributed by atoms with E-state index in [1.165, 1.54) is 19.5 Å². The highest BCUT2D eigenvalue weighted by Crippen LogP contribution is 2.31. The molecule has 0 spiro atoms. The van der Waals surface area contributed by atoms with Crippen LogP contribution in [0.1, 0.15) is 31.4 Å². The van der Waals surface area contributed by atoms with E-state index in [1.807, 2.05) is 18.2 Å². The van der Waals surface area contributed by atoms with Crippen molar-refractivity contribution in [2.75, 3.05) is 33.7 Å². The van der Waals surface area contributed by atoms with Crippen molar-refractivity contribution in [1.82, 2.24) is 9.80 Å². The summed E-state index contributed by atoms with van der Waals surface area (Å²) in [5.74, 6) is 0.731. The second-order valence-electron chi connectivity index (χ2n) is 6.39. The molecule has 3 nitrogen and oxygen atoms in total. The maximum absolute atomic E-state index is 6.41. The summed E-state index contributed by atoms with van der Waals surface area (Å²) in [4.78, 5) is 4.81. The zero-order valence-corrected chi connectivity index (χ0v) is 14.2. The molecular formula is C17H28ClN3. The van der Waals surface area contributed by atoms with E-state index in [9.17, 15) is 0 Å². The van der Waals surface area contributed by atoms with Crippen LogP contribution in [-0.2, 0) is 0 Å². The highest BCUT2D eigenvalue weighted by molar-refractivity contribution is 6.31. The van der Waals surface area contributed by atoms with E-state index < -0.39 is 0 Å². The fourth-order valence-corrected chi connectivity index (χ4v) is 3.68. The Bertz CT molecular complexity index is 451. The Hall–Kier alpha value is -0.610. The summed E-state index contributed by atoms with van der Waals surface area (Å²) in [7, 11) is 4.38. The van der Waals surface area contributed by atoms with E-state index in [4.69, 9.17) is 17.3 Å². The fraction of sp³-hybridized carbons (Fsp3) is 0.647. The van der Waals surface area contributed by atoms with Gasteiger partial charge < -0.3 is 10.6 Å². The van der Waals surface area contributed by atoms with Crippen molar-refractivity contribution in [2.24, 2.45) is 11.7 Å². The van der Waals surface area contributed by atoms with Gasteiger partial charge in [0.15, 0.2) is 0 Å². The standard InChI is InChI=1S/C17H28ClN3/c1-4-16(19)17(14-7-5-6-8-15(14)18)21(3)12-13-9-10-20(2)11-13/h5-8,13,16-17H,4,9-12,19H2,1-3H3. The minimum atomic E-state index is 0.106. The molecule has 1 aliphatic rings. The minimum absolute atomic E-state index is 0.106. The van der Waals surface area contributed by atoms with Gasteiger partial charge in [0, 0.05) is 24.2 Å². The number of nitrogens with two attached hydrogens (primary N) is 1. The first kappa shape index (κ1) is 16.8. The van der Waals surface area contributed by atoms with Gasteiger partial charge in [-0.3, -0.25) is 4.90 Å². The van der Waals surface area contributed by atoms with Crippen molar-refractivity contribution in [3.8, 4) is 0 Å². The number of halogens is 1. The monoisotopic (exact) mass is 309 g/mol. The van der Waals surface area contributed by atoms with Crippen molar-refractivity contribution in [3.05, 3.63) is 34.9 Å². The number of likely N-dealkylation sites (tertiary alicyclic amines) is 1. The molecule has 0 saturated carbocycles. The third-order valence-corrected chi connectivity index (χ3v) is 4.96. The van der Waals surface area contributed by atoms with Gasteiger partial charge in [-0.25, -0.2) is 0 Å². The first-order valence-corrected chi connectivity index (χ1v) is 8.29. The Kier molecular flexibility index (Phi) is 6.06. The second kappa shape index (κ2) is 7.59. The van der Waals surface area contributed by atoms with Crippen molar-refractivity contribution < 1.29 is 0 Å². The summed E-state index contributed by atoms with van der Waals surface area (Å²) in [6.45, 7) is 5.61. The molecule has 2 rings (SSSR count). The van der Waals surface area contributed by atoms with Gasteiger partial charge in [-0.1, -0.05) is 36.7 Å². The first-order chi connectivity index (χ1) is 10.0. The second-order valence-corrected chi connectivity index (χ2v) is 6.80. The molecule has 0 bridgehead atoms. The van der Waals surface area contributed by atoms with E-state index in [2.05, 4.69) is 36.9 Å². The maximum atomic E-state index is 6.41. The molecule has 3 unspecified atom stereocenters. The third-order valence-electron chi connectivity index (χ3n) is 4.61.